The Morgan fingerprint density at radius 1 is 0.630 bits per heavy atom. The molecular formula is C14H30BF2N3O7. The summed E-state index contributed by atoms with van der Waals surface area (Å²) in [5.41, 5.74) is 0. The first-order chi connectivity index (χ1) is 13.0. The minimum absolute atomic E-state index is 1.25. The van der Waals surface area contributed by atoms with Gasteiger partial charge in [0, 0.05) is 9.05 Å². The highest BCUT2D eigenvalue weighted by Crippen LogP contribution is 1.91. The number of carbonyl (C=O) groups excluding carboxylic acids is 2. The third-order valence-corrected chi connectivity index (χ3v) is 3.18. The van der Waals surface area contributed by atoms with Gasteiger partial charge in [0.2, 0.25) is 0 Å². The molecule has 3 heterocycles. The van der Waals surface area contributed by atoms with Crippen LogP contribution in [0.4, 0.5) is 9.05 Å². The molecule has 0 saturated carbocycles. The first-order valence-corrected chi connectivity index (χ1v) is 8.77. The van der Waals surface area contributed by atoms with Gasteiger partial charge in [-0.3, -0.25) is 0 Å². The van der Waals surface area contributed by atoms with Crippen molar-refractivity contribution >= 4 is 19.3 Å². The second-order valence-corrected chi connectivity index (χ2v) is 5.45. The second-order valence-electron chi connectivity index (χ2n) is 5.45. The standard InChI is InChI=1S/3C4H9N.C2F2O4.BH3O3/c3*1-2-4-5-3-1;3-7-1(5)2(6)8-4;2-1(3)4/h3*5H,1-4H2;;2-4H. The third-order valence-electron chi connectivity index (χ3n) is 3.18. The van der Waals surface area contributed by atoms with E-state index in [2.05, 4.69) is 25.8 Å². The predicted octanol–water partition coefficient (Wildman–Crippen LogP) is -1.10. The number of nitrogens with one attached hydrogen (secondary N) is 3. The molecule has 13 heteroatoms. The second kappa shape index (κ2) is 22.7. The van der Waals surface area contributed by atoms with Crippen LogP contribution in [0.3, 0.4) is 0 Å². The monoisotopic (exact) mass is 401 g/mol. The number of rotatable bonds is 0. The molecule has 3 rings (SSSR count). The lowest BCUT2D eigenvalue weighted by Gasteiger charge is -1.82. The lowest BCUT2D eigenvalue weighted by Crippen LogP contribution is -2.13. The van der Waals surface area contributed by atoms with Gasteiger partial charge in [0.15, 0.2) is 0 Å². The molecule has 6 N–H and O–H groups in total. The molecule has 3 fully saturated rings. The largest absolute Gasteiger partial charge is 0.631 e. The van der Waals surface area contributed by atoms with Crippen LogP contribution in [0.25, 0.3) is 0 Å². The highest BCUT2D eigenvalue weighted by atomic mass is 19.3. The highest BCUT2D eigenvalue weighted by molar-refractivity contribution is 6.30. The molecule has 3 aliphatic rings. The Morgan fingerprint density at radius 3 is 0.889 bits per heavy atom. The average molecular weight is 401 g/mol. The van der Waals surface area contributed by atoms with Gasteiger partial charge in [0.05, 0.1) is 0 Å². The van der Waals surface area contributed by atoms with E-state index >= 15 is 0 Å². The highest BCUT2D eigenvalue weighted by Gasteiger charge is 2.18. The Bertz CT molecular complexity index is 283. The van der Waals surface area contributed by atoms with Crippen molar-refractivity contribution in [1.82, 2.24) is 16.0 Å². The Morgan fingerprint density at radius 2 is 0.815 bits per heavy atom. The van der Waals surface area contributed by atoms with E-state index in [4.69, 9.17) is 15.1 Å². The molecule has 0 aromatic rings. The first-order valence-electron chi connectivity index (χ1n) is 8.77. The zero-order valence-electron chi connectivity index (χ0n) is 15.3. The maximum absolute atomic E-state index is 10.5. The van der Waals surface area contributed by atoms with Crippen molar-refractivity contribution in [2.45, 2.75) is 38.5 Å². The Balaban J connectivity index is 0. The topological polar surface area (TPSA) is 149 Å². The van der Waals surface area contributed by atoms with Gasteiger partial charge in [-0.15, -0.1) is 0 Å². The van der Waals surface area contributed by atoms with Crippen LogP contribution in [0.5, 0.6) is 0 Å². The lowest BCUT2D eigenvalue weighted by atomic mass is 10.3. The summed E-state index contributed by atoms with van der Waals surface area (Å²) in [4.78, 5) is 23.4. The first kappa shape index (κ1) is 27.8. The normalized spacial score (nSPS) is 16.6. The number of carbonyl (C=O) groups is 2. The summed E-state index contributed by atoms with van der Waals surface area (Å²) in [7, 11) is -2.17. The van der Waals surface area contributed by atoms with E-state index in [1.54, 1.807) is 0 Å². The van der Waals surface area contributed by atoms with Crippen molar-refractivity contribution in [2.75, 3.05) is 39.3 Å². The molecular weight excluding hydrogens is 371 g/mol. The third kappa shape index (κ3) is 27.0. The SMILES string of the molecule is C1CCNC1.C1CCNC1.C1CCNC1.O=C(OF)C(=O)OF.OB(O)O. The number of halogens is 2. The summed E-state index contributed by atoms with van der Waals surface area (Å²) in [5.74, 6) is -4.04. The fraction of sp³-hybridized carbons (Fsp3) is 0.857. The van der Waals surface area contributed by atoms with Gasteiger partial charge in [-0.25, -0.2) is 19.5 Å². The van der Waals surface area contributed by atoms with Crippen LogP contribution < -0.4 is 16.0 Å². The maximum atomic E-state index is 10.5. The Kier molecular flexibility index (Phi) is 23.4. The minimum Gasteiger partial charge on any atom is -0.402 e. The van der Waals surface area contributed by atoms with Gasteiger partial charge in [0.1, 0.15) is 0 Å². The van der Waals surface area contributed by atoms with Crippen molar-refractivity contribution < 1.29 is 43.6 Å². The summed E-state index contributed by atoms with van der Waals surface area (Å²) in [6.07, 6.45) is 8.33. The van der Waals surface area contributed by atoms with Crippen molar-refractivity contribution in [3.63, 3.8) is 0 Å². The molecule has 0 amide bonds. The smallest absolute Gasteiger partial charge is 0.402 e. The fourth-order valence-corrected chi connectivity index (χ4v) is 1.94. The summed E-state index contributed by atoms with van der Waals surface area (Å²) < 4.78 is 21.0. The van der Waals surface area contributed by atoms with Crippen molar-refractivity contribution in [3.05, 3.63) is 0 Å². The molecule has 0 bridgehead atoms. The zero-order valence-corrected chi connectivity index (χ0v) is 15.3. The molecule has 160 valence electrons. The van der Waals surface area contributed by atoms with E-state index in [-0.39, 0.29) is 0 Å². The molecule has 27 heavy (non-hydrogen) atoms. The van der Waals surface area contributed by atoms with E-state index in [9.17, 15) is 18.6 Å². The molecule has 0 unspecified atom stereocenters. The maximum Gasteiger partial charge on any atom is 0.631 e. The van der Waals surface area contributed by atoms with Gasteiger partial charge in [-0.05, 0) is 77.8 Å². The molecule has 3 saturated heterocycles. The van der Waals surface area contributed by atoms with Gasteiger partial charge in [-0.2, -0.15) is 0 Å². The van der Waals surface area contributed by atoms with E-state index in [0.717, 1.165) is 0 Å². The molecule has 0 spiro atoms. The quantitative estimate of drug-likeness (QED) is 0.218. The van der Waals surface area contributed by atoms with Gasteiger partial charge >= 0.3 is 19.3 Å². The molecule has 0 aliphatic carbocycles. The van der Waals surface area contributed by atoms with Crippen LogP contribution in [0.1, 0.15) is 38.5 Å². The minimum atomic E-state index is -2.17. The van der Waals surface area contributed by atoms with Crippen LogP contribution in [-0.4, -0.2) is 73.6 Å². The summed E-state index contributed by atoms with van der Waals surface area (Å²) in [6.45, 7) is 7.50. The molecule has 0 radical (unpaired) electrons. The molecule has 10 nitrogen and oxygen atoms in total. The van der Waals surface area contributed by atoms with Crippen LogP contribution in [0, 0.1) is 0 Å². The molecule has 0 atom stereocenters. The van der Waals surface area contributed by atoms with E-state index < -0.39 is 19.3 Å². The number of hydrogen-bond donors (Lipinski definition) is 6. The van der Waals surface area contributed by atoms with Crippen molar-refractivity contribution in [1.29, 1.82) is 0 Å². The van der Waals surface area contributed by atoms with Gasteiger partial charge in [0.25, 0.3) is 0 Å². The van der Waals surface area contributed by atoms with Crippen LogP contribution in [-0.2, 0) is 19.5 Å². The Labute approximate surface area is 157 Å². The zero-order chi connectivity index (χ0) is 20.8. The van der Waals surface area contributed by atoms with E-state index in [0.29, 0.717) is 0 Å². The van der Waals surface area contributed by atoms with Crippen LogP contribution >= 0.6 is 0 Å². The van der Waals surface area contributed by atoms with E-state index in [1.807, 2.05) is 0 Å². The van der Waals surface area contributed by atoms with Crippen molar-refractivity contribution in [2.24, 2.45) is 0 Å². The van der Waals surface area contributed by atoms with Crippen LogP contribution in [0.15, 0.2) is 0 Å². The predicted molar refractivity (Wildman–Crippen MR) is 93.1 cm³/mol. The molecule has 0 aromatic carbocycles. The Hall–Kier alpha value is -1.38. The lowest BCUT2D eigenvalue weighted by molar-refractivity contribution is -0.212. The summed E-state index contributed by atoms with van der Waals surface area (Å²) in [6, 6.07) is 0. The van der Waals surface area contributed by atoms with Crippen molar-refractivity contribution in [3.8, 4) is 0 Å². The summed E-state index contributed by atoms with van der Waals surface area (Å²) in [5, 5.41) is 31.2. The summed E-state index contributed by atoms with van der Waals surface area (Å²) >= 11 is 0. The van der Waals surface area contributed by atoms with Gasteiger partial charge in [-0.1, -0.05) is 0 Å². The van der Waals surface area contributed by atoms with E-state index in [1.165, 1.54) is 77.8 Å². The fourth-order valence-electron chi connectivity index (χ4n) is 1.94. The average Bonchev–Trinajstić information content (AvgIpc) is 3.44. The van der Waals surface area contributed by atoms with Gasteiger partial charge < -0.3 is 31.0 Å². The number of hydrogen-bond acceptors (Lipinski definition) is 10. The molecule has 0 aromatic heterocycles. The molecule has 3 aliphatic heterocycles. The van der Waals surface area contributed by atoms with Crippen LogP contribution in [0.2, 0.25) is 0 Å².